The van der Waals surface area contributed by atoms with Gasteiger partial charge in [0.05, 0.1) is 17.5 Å². The fourth-order valence-corrected chi connectivity index (χ4v) is 3.50. The molecule has 1 aromatic carbocycles. The van der Waals surface area contributed by atoms with Crippen molar-refractivity contribution in [3.8, 4) is 0 Å². The molecule has 0 radical (unpaired) electrons. The Bertz CT molecular complexity index is 1120. The third kappa shape index (κ3) is 3.69. The van der Waals surface area contributed by atoms with Crippen LogP contribution in [0.3, 0.4) is 0 Å². The molecule has 150 valence electrons. The smallest absolute Gasteiger partial charge is 0.341 e. The third-order valence-electron chi connectivity index (χ3n) is 5.03. The normalized spacial score (nSPS) is 19.0. The number of carboxylic acids is 1. The minimum absolute atomic E-state index is 0.000661. The number of carboxylic acid groups (broad SMARTS) is 1. The maximum absolute atomic E-state index is 14.7. The van der Waals surface area contributed by atoms with Crippen molar-refractivity contribution in [2.24, 2.45) is 0 Å². The molecule has 0 unspecified atom stereocenters. The van der Waals surface area contributed by atoms with E-state index in [0.29, 0.717) is 13.1 Å². The van der Waals surface area contributed by atoms with Crippen molar-refractivity contribution in [1.29, 1.82) is 0 Å². The number of aliphatic hydroxyl groups is 1. The van der Waals surface area contributed by atoms with E-state index in [1.165, 1.54) is 0 Å². The lowest BCUT2D eigenvalue weighted by molar-refractivity contribution is 0.0695. The number of H-pyrrole nitrogens is 1. The SMILES string of the molecule is O=C(O)c1c[nH]c2nc(N3C[C@H](O)[C@H](NCc4ccccc4)C3)c(F)cc2c1=O. The Morgan fingerprint density at radius 3 is 2.79 bits per heavy atom. The van der Waals surface area contributed by atoms with Crippen LogP contribution in [0, 0.1) is 5.82 Å². The number of rotatable bonds is 5. The number of aromatic amines is 1. The molecule has 2 aromatic heterocycles. The molecule has 0 amide bonds. The van der Waals surface area contributed by atoms with Crippen molar-refractivity contribution in [1.82, 2.24) is 15.3 Å². The number of anilines is 1. The number of carbonyl (C=O) groups is 1. The second-order valence-corrected chi connectivity index (χ2v) is 6.97. The molecule has 0 spiro atoms. The molecule has 9 heteroatoms. The van der Waals surface area contributed by atoms with E-state index in [1.54, 1.807) is 4.90 Å². The van der Waals surface area contributed by atoms with E-state index in [2.05, 4.69) is 15.3 Å². The molecular formula is C20H19FN4O4. The summed E-state index contributed by atoms with van der Waals surface area (Å²) >= 11 is 0. The summed E-state index contributed by atoms with van der Waals surface area (Å²) in [5.74, 6) is -2.15. The predicted octanol–water partition coefficient (Wildman–Crippen LogP) is 1.10. The highest BCUT2D eigenvalue weighted by atomic mass is 19.1. The van der Waals surface area contributed by atoms with Crippen LogP contribution in [0.25, 0.3) is 11.0 Å². The van der Waals surface area contributed by atoms with Gasteiger partial charge in [-0.05, 0) is 11.6 Å². The minimum atomic E-state index is -1.40. The molecule has 2 atom stereocenters. The first kappa shape index (κ1) is 19.0. The number of fused-ring (bicyclic) bond motifs is 1. The molecule has 8 nitrogen and oxygen atoms in total. The van der Waals surface area contributed by atoms with E-state index >= 15 is 0 Å². The van der Waals surface area contributed by atoms with Crippen LogP contribution in [0.15, 0.2) is 47.4 Å². The van der Waals surface area contributed by atoms with Crippen LogP contribution in [-0.2, 0) is 6.54 Å². The first-order valence-corrected chi connectivity index (χ1v) is 9.09. The van der Waals surface area contributed by atoms with E-state index in [4.69, 9.17) is 5.11 Å². The zero-order chi connectivity index (χ0) is 20.5. The van der Waals surface area contributed by atoms with Crippen molar-refractivity contribution in [2.75, 3.05) is 18.0 Å². The standard InChI is InChI=1S/C20H19FN4O4/c21-14-6-12-17(27)13(20(28)29)8-23-18(12)24-19(14)25-9-15(16(26)10-25)22-7-11-4-2-1-3-5-11/h1-6,8,15-16,22,26H,7,9-10H2,(H,28,29)(H,23,24,27)/t15-,16+/m1/s1. The molecule has 4 rings (SSSR count). The largest absolute Gasteiger partial charge is 0.477 e. The molecular weight excluding hydrogens is 379 g/mol. The topological polar surface area (TPSA) is 119 Å². The highest BCUT2D eigenvalue weighted by molar-refractivity contribution is 5.91. The average Bonchev–Trinajstić information content (AvgIpc) is 3.07. The van der Waals surface area contributed by atoms with E-state index in [1.807, 2.05) is 30.3 Å². The molecule has 29 heavy (non-hydrogen) atoms. The fraction of sp³-hybridized carbons (Fsp3) is 0.250. The quantitative estimate of drug-likeness (QED) is 0.508. The van der Waals surface area contributed by atoms with Gasteiger partial charge in [-0.2, -0.15) is 0 Å². The first-order chi connectivity index (χ1) is 13.9. The zero-order valence-electron chi connectivity index (χ0n) is 15.3. The molecule has 3 heterocycles. The van der Waals surface area contributed by atoms with Gasteiger partial charge in [-0.3, -0.25) is 4.79 Å². The van der Waals surface area contributed by atoms with Crippen LogP contribution < -0.4 is 15.6 Å². The lowest BCUT2D eigenvalue weighted by atomic mass is 10.2. The predicted molar refractivity (Wildman–Crippen MR) is 105 cm³/mol. The van der Waals surface area contributed by atoms with Gasteiger partial charge in [-0.1, -0.05) is 30.3 Å². The van der Waals surface area contributed by atoms with Crippen molar-refractivity contribution in [3.63, 3.8) is 0 Å². The number of nitrogens with one attached hydrogen (secondary N) is 2. The van der Waals surface area contributed by atoms with E-state index in [9.17, 15) is 19.1 Å². The van der Waals surface area contributed by atoms with E-state index in [-0.39, 0.29) is 29.4 Å². The van der Waals surface area contributed by atoms with Crippen LogP contribution >= 0.6 is 0 Å². The number of hydrogen-bond acceptors (Lipinski definition) is 6. The Labute approximate surface area is 164 Å². The van der Waals surface area contributed by atoms with E-state index in [0.717, 1.165) is 17.8 Å². The molecule has 3 aromatic rings. The number of β-amino-alcohol motifs (C(OH)–C–C–N with tert-alkyl or cyclic N) is 1. The van der Waals surface area contributed by atoms with Crippen molar-refractivity contribution >= 4 is 22.8 Å². The number of halogens is 1. The molecule has 1 aliphatic rings. The number of nitrogens with zero attached hydrogens (tertiary/aromatic N) is 2. The average molecular weight is 398 g/mol. The third-order valence-corrected chi connectivity index (χ3v) is 5.03. The highest BCUT2D eigenvalue weighted by Gasteiger charge is 2.33. The number of aromatic nitrogens is 2. The summed E-state index contributed by atoms with van der Waals surface area (Å²) in [5.41, 5.74) is -0.118. The van der Waals surface area contributed by atoms with Crippen molar-refractivity contribution in [2.45, 2.75) is 18.7 Å². The van der Waals surface area contributed by atoms with Crippen molar-refractivity contribution in [3.05, 3.63) is 69.8 Å². The van der Waals surface area contributed by atoms with Gasteiger partial charge in [0, 0.05) is 25.8 Å². The minimum Gasteiger partial charge on any atom is -0.477 e. The Balaban J connectivity index is 1.56. The number of aromatic carboxylic acids is 1. The molecule has 1 aliphatic heterocycles. The first-order valence-electron chi connectivity index (χ1n) is 9.09. The molecule has 0 saturated carbocycles. The molecule has 1 saturated heterocycles. The Morgan fingerprint density at radius 2 is 2.07 bits per heavy atom. The molecule has 0 bridgehead atoms. The number of aliphatic hydroxyl groups excluding tert-OH is 1. The van der Waals surface area contributed by atoms with Gasteiger partial charge in [-0.25, -0.2) is 14.2 Å². The van der Waals surface area contributed by atoms with Gasteiger partial charge < -0.3 is 25.4 Å². The summed E-state index contributed by atoms with van der Waals surface area (Å²) in [4.78, 5) is 31.7. The van der Waals surface area contributed by atoms with Crippen LogP contribution in [0.5, 0.6) is 0 Å². The lowest BCUT2D eigenvalue weighted by Crippen LogP contribution is -2.38. The van der Waals surface area contributed by atoms with Crippen LogP contribution in [-0.4, -0.2) is 51.4 Å². The molecule has 4 N–H and O–H groups in total. The number of hydrogen-bond donors (Lipinski definition) is 4. The zero-order valence-corrected chi connectivity index (χ0v) is 15.3. The highest BCUT2D eigenvalue weighted by Crippen LogP contribution is 2.24. The summed E-state index contributed by atoms with van der Waals surface area (Å²) < 4.78 is 14.7. The maximum atomic E-state index is 14.7. The number of benzene rings is 1. The second kappa shape index (κ2) is 7.61. The van der Waals surface area contributed by atoms with Gasteiger partial charge in [0.25, 0.3) is 0 Å². The Morgan fingerprint density at radius 1 is 1.31 bits per heavy atom. The second-order valence-electron chi connectivity index (χ2n) is 6.97. The van der Waals surface area contributed by atoms with Gasteiger partial charge in [0.2, 0.25) is 5.43 Å². The maximum Gasteiger partial charge on any atom is 0.341 e. The summed E-state index contributed by atoms with van der Waals surface area (Å²) in [6.07, 6.45) is 0.328. The van der Waals surface area contributed by atoms with Crippen LogP contribution in [0.2, 0.25) is 0 Å². The Hall–Kier alpha value is -3.30. The molecule has 1 fully saturated rings. The van der Waals surface area contributed by atoms with E-state index < -0.39 is 28.9 Å². The summed E-state index contributed by atoms with van der Waals surface area (Å²) in [5, 5.41) is 22.5. The lowest BCUT2D eigenvalue weighted by Gasteiger charge is -2.18. The van der Waals surface area contributed by atoms with Gasteiger partial charge in [0.1, 0.15) is 11.2 Å². The molecule has 0 aliphatic carbocycles. The summed E-state index contributed by atoms with van der Waals surface area (Å²) in [7, 11) is 0. The van der Waals surface area contributed by atoms with Crippen LogP contribution in [0.1, 0.15) is 15.9 Å². The Kier molecular flexibility index (Phi) is 4.99. The number of pyridine rings is 2. The van der Waals surface area contributed by atoms with Gasteiger partial charge in [0.15, 0.2) is 11.6 Å². The fourth-order valence-electron chi connectivity index (χ4n) is 3.50. The summed E-state index contributed by atoms with van der Waals surface area (Å²) in [6.45, 7) is 1.08. The van der Waals surface area contributed by atoms with Crippen molar-refractivity contribution < 1.29 is 19.4 Å². The van der Waals surface area contributed by atoms with Gasteiger partial charge >= 0.3 is 5.97 Å². The summed E-state index contributed by atoms with van der Waals surface area (Å²) in [6, 6.07) is 10.4. The monoisotopic (exact) mass is 398 g/mol. The van der Waals surface area contributed by atoms with Crippen LogP contribution in [0.4, 0.5) is 10.2 Å². The van der Waals surface area contributed by atoms with Gasteiger partial charge in [-0.15, -0.1) is 0 Å².